The van der Waals surface area contributed by atoms with Crippen LogP contribution in [0.4, 0.5) is 5.82 Å². The first-order chi connectivity index (χ1) is 7.87. The highest BCUT2D eigenvalue weighted by atomic mass is 16.5. The molecule has 0 aliphatic rings. The molecule has 0 fully saturated rings. The summed E-state index contributed by atoms with van der Waals surface area (Å²) in [5, 5.41) is 0.785. The number of benzene rings is 1. The van der Waals surface area contributed by atoms with Crippen LogP contribution < -0.4 is 10.5 Å². The summed E-state index contributed by atoms with van der Waals surface area (Å²) in [6.07, 6.45) is 0. The summed E-state index contributed by atoms with van der Waals surface area (Å²) in [4.78, 5) is 8.54. The van der Waals surface area contributed by atoms with E-state index in [1.807, 2.05) is 45.9 Å². The van der Waals surface area contributed by atoms with Crippen LogP contribution in [0.5, 0.6) is 5.75 Å². The van der Waals surface area contributed by atoms with Crippen molar-refractivity contribution in [3.05, 3.63) is 24.0 Å². The van der Waals surface area contributed by atoms with Crippen molar-refractivity contribution in [3.63, 3.8) is 0 Å². The van der Waals surface area contributed by atoms with Crippen molar-refractivity contribution in [2.75, 3.05) is 5.73 Å². The third kappa shape index (κ3) is 2.46. The van der Waals surface area contributed by atoms with E-state index in [4.69, 9.17) is 10.5 Å². The molecule has 0 atom stereocenters. The summed E-state index contributed by atoms with van der Waals surface area (Å²) in [5.74, 6) is 1.86. The highest BCUT2D eigenvalue weighted by Gasteiger charge is 2.16. The van der Waals surface area contributed by atoms with E-state index < -0.39 is 0 Å². The molecule has 2 N–H and O–H groups in total. The van der Waals surface area contributed by atoms with Gasteiger partial charge in [-0.25, -0.2) is 9.97 Å². The van der Waals surface area contributed by atoms with Crippen molar-refractivity contribution in [1.82, 2.24) is 9.97 Å². The van der Waals surface area contributed by atoms with Gasteiger partial charge in [-0.1, -0.05) is 6.07 Å². The number of anilines is 1. The second kappa shape index (κ2) is 3.87. The molecule has 2 aromatic rings. The van der Waals surface area contributed by atoms with Crippen molar-refractivity contribution in [2.45, 2.75) is 33.3 Å². The Morgan fingerprint density at radius 3 is 2.53 bits per heavy atom. The Hall–Kier alpha value is -1.84. The SMILES string of the molecule is Cc1nc(N)c2c(OC(C)(C)C)cccc2n1. The zero-order chi connectivity index (χ0) is 12.6. The quantitative estimate of drug-likeness (QED) is 0.819. The lowest BCUT2D eigenvalue weighted by molar-refractivity contribution is 0.133. The third-order valence-corrected chi connectivity index (χ3v) is 2.24. The second-order valence-corrected chi connectivity index (χ2v) is 5.02. The molecule has 0 bridgehead atoms. The lowest BCUT2D eigenvalue weighted by Crippen LogP contribution is -2.23. The molecule has 0 spiro atoms. The predicted octanol–water partition coefficient (Wildman–Crippen LogP) is 2.70. The molecule has 4 nitrogen and oxygen atoms in total. The second-order valence-electron chi connectivity index (χ2n) is 5.02. The molecule has 4 heteroatoms. The van der Waals surface area contributed by atoms with E-state index in [9.17, 15) is 0 Å². The zero-order valence-corrected chi connectivity index (χ0v) is 10.6. The molecular formula is C13H17N3O. The van der Waals surface area contributed by atoms with Crippen LogP contribution in [0.15, 0.2) is 18.2 Å². The molecule has 2 rings (SSSR count). The van der Waals surface area contributed by atoms with Gasteiger partial charge in [-0.2, -0.15) is 0 Å². The number of ether oxygens (including phenoxy) is 1. The number of hydrogen-bond acceptors (Lipinski definition) is 4. The van der Waals surface area contributed by atoms with Gasteiger partial charge in [-0.3, -0.25) is 0 Å². The van der Waals surface area contributed by atoms with Gasteiger partial charge >= 0.3 is 0 Å². The molecule has 0 radical (unpaired) electrons. The fourth-order valence-electron chi connectivity index (χ4n) is 1.71. The number of fused-ring (bicyclic) bond motifs is 1. The Bertz CT molecular complexity index is 558. The molecular weight excluding hydrogens is 214 g/mol. The van der Waals surface area contributed by atoms with Gasteiger partial charge in [0.25, 0.3) is 0 Å². The van der Waals surface area contributed by atoms with Gasteiger partial charge in [-0.15, -0.1) is 0 Å². The van der Waals surface area contributed by atoms with E-state index in [0.717, 1.165) is 16.7 Å². The summed E-state index contributed by atoms with van der Waals surface area (Å²) in [7, 11) is 0. The topological polar surface area (TPSA) is 61.0 Å². The van der Waals surface area contributed by atoms with Crippen LogP contribution >= 0.6 is 0 Å². The molecule has 0 saturated carbocycles. The number of aromatic nitrogens is 2. The maximum absolute atomic E-state index is 5.95. The summed E-state index contributed by atoms with van der Waals surface area (Å²) in [6, 6.07) is 5.72. The lowest BCUT2D eigenvalue weighted by Gasteiger charge is -2.22. The predicted molar refractivity (Wildman–Crippen MR) is 69.1 cm³/mol. The monoisotopic (exact) mass is 231 g/mol. The molecule has 17 heavy (non-hydrogen) atoms. The number of nitrogen functional groups attached to an aromatic ring is 1. The number of nitrogens with two attached hydrogens (primary N) is 1. The molecule has 0 aliphatic heterocycles. The van der Waals surface area contributed by atoms with Gasteiger partial charge in [0, 0.05) is 0 Å². The normalized spacial score (nSPS) is 11.8. The Labute approximate surface area is 101 Å². The Morgan fingerprint density at radius 2 is 1.88 bits per heavy atom. The molecule has 0 aliphatic carbocycles. The van der Waals surface area contributed by atoms with E-state index in [1.54, 1.807) is 0 Å². The molecule has 0 saturated heterocycles. The first-order valence-electron chi connectivity index (χ1n) is 5.59. The molecule has 0 amide bonds. The summed E-state index contributed by atoms with van der Waals surface area (Å²) < 4.78 is 5.88. The van der Waals surface area contributed by atoms with Crippen molar-refractivity contribution in [2.24, 2.45) is 0 Å². The van der Waals surface area contributed by atoms with Crippen LogP contribution in [-0.2, 0) is 0 Å². The van der Waals surface area contributed by atoms with Gasteiger partial charge in [-0.05, 0) is 39.8 Å². The van der Waals surface area contributed by atoms with Gasteiger partial charge in [0.2, 0.25) is 0 Å². The third-order valence-electron chi connectivity index (χ3n) is 2.24. The summed E-state index contributed by atoms with van der Waals surface area (Å²) in [5.41, 5.74) is 6.49. The van der Waals surface area contributed by atoms with Crippen LogP contribution in [-0.4, -0.2) is 15.6 Å². The van der Waals surface area contributed by atoms with Gasteiger partial charge < -0.3 is 10.5 Å². The number of rotatable bonds is 1. The average Bonchev–Trinajstić information content (AvgIpc) is 2.13. The zero-order valence-electron chi connectivity index (χ0n) is 10.6. The minimum atomic E-state index is -0.272. The highest BCUT2D eigenvalue weighted by Crippen LogP contribution is 2.30. The first kappa shape index (κ1) is 11.6. The fourth-order valence-corrected chi connectivity index (χ4v) is 1.71. The Kier molecular flexibility index (Phi) is 2.65. The Balaban J connectivity index is 2.65. The van der Waals surface area contributed by atoms with Crippen molar-refractivity contribution < 1.29 is 4.74 Å². The molecule has 0 unspecified atom stereocenters. The van der Waals surface area contributed by atoms with E-state index in [0.29, 0.717) is 11.6 Å². The number of nitrogens with zero attached hydrogens (tertiary/aromatic N) is 2. The summed E-state index contributed by atoms with van der Waals surface area (Å²) in [6.45, 7) is 7.82. The van der Waals surface area contributed by atoms with Gasteiger partial charge in [0.05, 0.1) is 10.9 Å². The lowest BCUT2D eigenvalue weighted by atomic mass is 10.1. The molecule has 90 valence electrons. The van der Waals surface area contributed by atoms with Crippen molar-refractivity contribution in [1.29, 1.82) is 0 Å². The van der Waals surface area contributed by atoms with Crippen LogP contribution in [0, 0.1) is 6.92 Å². The van der Waals surface area contributed by atoms with Crippen molar-refractivity contribution >= 4 is 16.7 Å². The summed E-state index contributed by atoms with van der Waals surface area (Å²) >= 11 is 0. The average molecular weight is 231 g/mol. The van der Waals surface area contributed by atoms with Gasteiger partial charge in [0.1, 0.15) is 23.0 Å². The maximum atomic E-state index is 5.95. The van der Waals surface area contributed by atoms with E-state index in [-0.39, 0.29) is 5.60 Å². The van der Waals surface area contributed by atoms with E-state index >= 15 is 0 Å². The smallest absolute Gasteiger partial charge is 0.138 e. The fraction of sp³-hybridized carbons (Fsp3) is 0.385. The van der Waals surface area contributed by atoms with Gasteiger partial charge in [0.15, 0.2) is 0 Å². The minimum absolute atomic E-state index is 0.272. The minimum Gasteiger partial charge on any atom is -0.487 e. The standard InChI is InChI=1S/C13H17N3O/c1-8-15-9-6-5-7-10(17-13(2,3)4)11(9)12(14)16-8/h5-7H,1-4H3,(H2,14,15,16). The van der Waals surface area contributed by atoms with Crippen LogP contribution in [0.1, 0.15) is 26.6 Å². The molecule has 1 heterocycles. The van der Waals surface area contributed by atoms with Crippen LogP contribution in [0.25, 0.3) is 10.9 Å². The van der Waals surface area contributed by atoms with E-state index in [2.05, 4.69) is 9.97 Å². The molecule has 1 aromatic heterocycles. The van der Waals surface area contributed by atoms with Crippen LogP contribution in [0.3, 0.4) is 0 Å². The molecule has 1 aromatic carbocycles. The first-order valence-corrected chi connectivity index (χ1v) is 5.59. The van der Waals surface area contributed by atoms with E-state index in [1.165, 1.54) is 0 Å². The Morgan fingerprint density at radius 1 is 1.18 bits per heavy atom. The highest BCUT2D eigenvalue weighted by molar-refractivity contribution is 5.93. The largest absolute Gasteiger partial charge is 0.487 e. The van der Waals surface area contributed by atoms with Crippen molar-refractivity contribution in [3.8, 4) is 5.75 Å². The number of hydrogen-bond donors (Lipinski definition) is 1. The number of aryl methyl sites for hydroxylation is 1. The van der Waals surface area contributed by atoms with Crippen LogP contribution in [0.2, 0.25) is 0 Å². The maximum Gasteiger partial charge on any atom is 0.138 e.